The molecule has 0 unspecified atom stereocenters. The summed E-state index contributed by atoms with van der Waals surface area (Å²) in [6, 6.07) is 22.1. The van der Waals surface area contributed by atoms with E-state index in [1.165, 1.54) is 6.08 Å². The maximum atomic E-state index is 12.7. The van der Waals surface area contributed by atoms with Gasteiger partial charge in [-0.25, -0.2) is 0 Å². The number of rotatable bonds is 10. The second-order valence-corrected chi connectivity index (χ2v) is 8.02. The lowest BCUT2D eigenvalue weighted by molar-refractivity contribution is -0.112. The number of nitrogens with zero attached hydrogens (tertiary/aromatic N) is 1. The maximum Gasteiger partial charge on any atom is 0.266 e. The fourth-order valence-electron chi connectivity index (χ4n) is 3.04. The van der Waals surface area contributed by atoms with E-state index in [0.29, 0.717) is 46.2 Å². The summed E-state index contributed by atoms with van der Waals surface area (Å²) >= 11 is 3.45. The maximum absolute atomic E-state index is 12.7. The van der Waals surface area contributed by atoms with Crippen LogP contribution in [0.3, 0.4) is 0 Å². The third kappa shape index (κ3) is 7.40. The number of benzene rings is 3. The molecule has 0 heterocycles. The minimum absolute atomic E-state index is 0.0742. The monoisotopic (exact) mass is 530 g/mol. The molecule has 1 amide bonds. The van der Waals surface area contributed by atoms with Crippen molar-refractivity contribution in [2.45, 2.75) is 13.5 Å². The summed E-state index contributed by atoms with van der Waals surface area (Å²) in [5.41, 5.74) is 2.10. The molecule has 35 heavy (non-hydrogen) atoms. The summed E-state index contributed by atoms with van der Waals surface area (Å²) < 4.78 is 17.5. The minimum atomic E-state index is -0.539. The Labute approximate surface area is 213 Å². The van der Waals surface area contributed by atoms with Crippen molar-refractivity contribution in [3.8, 4) is 35.7 Å². The van der Waals surface area contributed by atoms with Gasteiger partial charge in [-0.3, -0.25) is 4.79 Å². The Morgan fingerprint density at radius 1 is 1.06 bits per heavy atom. The number of carbonyl (C=O) groups excluding carboxylic acids is 1. The van der Waals surface area contributed by atoms with E-state index in [-0.39, 0.29) is 12.2 Å². The highest BCUT2D eigenvalue weighted by atomic mass is 79.9. The van der Waals surface area contributed by atoms with Gasteiger partial charge in [0.2, 0.25) is 0 Å². The van der Waals surface area contributed by atoms with E-state index in [2.05, 4.69) is 27.2 Å². The van der Waals surface area contributed by atoms with Crippen molar-refractivity contribution in [3.05, 3.63) is 87.9 Å². The van der Waals surface area contributed by atoms with Crippen LogP contribution in [0, 0.1) is 23.7 Å². The van der Waals surface area contributed by atoms with Gasteiger partial charge in [0.15, 0.2) is 11.5 Å². The molecule has 0 atom stereocenters. The second kappa shape index (κ2) is 12.9. The second-order valence-electron chi connectivity index (χ2n) is 7.17. The van der Waals surface area contributed by atoms with E-state index in [1.54, 1.807) is 36.4 Å². The molecule has 6 nitrogen and oxygen atoms in total. The van der Waals surface area contributed by atoms with Gasteiger partial charge in [-0.1, -0.05) is 52.2 Å². The van der Waals surface area contributed by atoms with Gasteiger partial charge >= 0.3 is 0 Å². The SMILES string of the molecule is C#CCOc1cc(Br)c(/C=C(\C#N)C(=O)Nc2ccc(OCc3ccccc3)cc2)cc1OCC. The summed E-state index contributed by atoms with van der Waals surface area (Å²) in [6.45, 7) is 2.78. The van der Waals surface area contributed by atoms with E-state index in [9.17, 15) is 10.1 Å². The molecule has 176 valence electrons. The summed E-state index contributed by atoms with van der Waals surface area (Å²) in [4.78, 5) is 12.7. The first-order chi connectivity index (χ1) is 17.0. The molecule has 0 saturated carbocycles. The highest BCUT2D eigenvalue weighted by Crippen LogP contribution is 2.35. The van der Waals surface area contributed by atoms with Crippen molar-refractivity contribution in [2.75, 3.05) is 18.5 Å². The smallest absolute Gasteiger partial charge is 0.266 e. The molecule has 0 saturated heterocycles. The summed E-state index contributed by atoms with van der Waals surface area (Å²) in [5.74, 6) is 3.46. The average molecular weight is 531 g/mol. The number of nitrogens with one attached hydrogen (secondary N) is 1. The van der Waals surface area contributed by atoms with Gasteiger partial charge in [0.1, 0.15) is 30.6 Å². The van der Waals surface area contributed by atoms with Crippen LogP contribution in [0.1, 0.15) is 18.1 Å². The van der Waals surface area contributed by atoms with Crippen LogP contribution in [0.25, 0.3) is 6.08 Å². The summed E-state index contributed by atoms with van der Waals surface area (Å²) in [5, 5.41) is 12.3. The van der Waals surface area contributed by atoms with Crippen LogP contribution in [-0.4, -0.2) is 19.1 Å². The summed E-state index contributed by atoms with van der Waals surface area (Å²) in [6.07, 6.45) is 6.75. The number of carbonyl (C=O) groups is 1. The quantitative estimate of drug-likeness (QED) is 0.198. The van der Waals surface area contributed by atoms with E-state index in [4.69, 9.17) is 20.6 Å². The molecule has 3 aromatic rings. The standard InChI is InChI=1S/C28H23BrN2O4/c1-3-14-34-27-17-25(29)21(16-26(27)33-4-2)15-22(18-30)28(32)31-23-10-12-24(13-11-23)35-19-20-8-6-5-7-9-20/h1,5-13,15-17H,4,14,19H2,2H3,(H,31,32)/b22-15+. The lowest BCUT2D eigenvalue weighted by Crippen LogP contribution is -2.13. The van der Waals surface area contributed by atoms with Crippen LogP contribution in [-0.2, 0) is 11.4 Å². The molecular weight excluding hydrogens is 508 g/mol. The van der Waals surface area contributed by atoms with Crippen molar-refractivity contribution in [1.29, 1.82) is 5.26 Å². The molecule has 0 radical (unpaired) electrons. The molecule has 0 fully saturated rings. The van der Waals surface area contributed by atoms with Crippen molar-refractivity contribution in [1.82, 2.24) is 0 Å². The Morgan fingerprint density at radius 3 is 2.43 bits per heavy atom. The summed E-state index contributed by atoms with van der Waals surface area (Å²) in [7, 11) is 0. The first kappa shape index (κ1) is 25.4. The number of amides is 1. The van der Waals surface area contributed by atoms with Gasteiger partial charge in [0, 0.05) is 10.2 Å². The zero-order chi connectivity index (χ0) is 25.0. The molecular formula is C28H23BrN2O4. The number of ether oxygens (including phenoxy) is 3. The van der Waals surface area contributed by atoms with Crippen LogP contribution < -0.4 is 19.5 Å². The number of hydrogen-bond donors (Lipinski definition) is 1. The molecule has 0 aliphatic heterocycles. The van der Waals surface area contributed by atoms with Crippen molar-refractivity contribution in [2.24, 2.45) is 0 Å². The van der Waals surface area contributed by atoms with Crippen molar-refractivity contribution < 1.29 is 19.0 Å². The van der Waals surface area contributed by atoms with Crippen molar-refractivity contribution >= 4 is 33.6 Å². The van der Waals surface area contributed by atoms with Gasteiger partial charge in [-0.05, 0) is 60.5 Å². The fourth-order valence-corrected chi connectivity index (χ4v) is 3.48. The number of halogens is 1. The van der Waals surface area contributed by atoms with Gasteiger partial charge < -0.3 is 19.5 Å². The zero-order valence-electron chi connectivity index (χ0n) is 19.1. The predicted octanol–water partition coefficient (Wildman–Crippen LogP) is 5.98. The molecule has 0 bridgehead atoms. The van der Waals surface area contributed by atoms with Gasteiger partial charge in [-0.15, -0.1) is 6.42 Å². The molecule has 0 aliphatic carbocycles. The Bertz CT molecular complexity index is 1270. The van der Waals surface area contributed by atoms with Gasteiger partial charge in [-0.2, -0.15) is 5.26 Å². The van der Waals surface area contributed by atoms with Crippen LogP contribution in [0.4, 0.5) is 5.69 Å². The van der Waals surface area contributed by atoms with Crippen LogP contribution >= 0.6 is 15.9 Å². The number of nitriles is 1. The lowest BCUT2D eigenvalue weighted by Gasteiger charge is -2.13. The molecule has 0 spiro atoms. The fraction of sp³-hybridized carbons (Fsp3) is 0.143. The number of hydrogen-bond acceptors (Lipinski definition) is 5. The largest absolute Gasteiger partial charge is 0.490 e. The van der Waals surface area contributed by atoms with Gasteiger partial charge in [0.05, 0.1) is 6.61 Å². The molecule has 1 N–H and O–H groups in total. The molecule has 0 aromatic heterocycles. The molecule has 3 aromatic carbocycles. The Balaban J connectivity index is 1.71. The first-order valence-electron chi connectivity index (χ1n) is 10.8. The van der Waals surface area contributed by atoms with Crippen LogP contribution in [0.2, 0.25) is 0 Å². The third-order valence-corrected chi connectivity index (χ3v) is 5.39. The minimum Gasteiger partial charge on any atom is -0.490 e. The normalized spacial score (nSPS) is 10.6. The topological polar surface area (TPSA) is 80.6 Å². The van der Waals surface area contributed by atoms with Crippen LogP contribution in [0.15, 0.2) is 76.8 Å². The molecule has 7 heteroatoms. The van der Waals surface area contributed by atoms with Gasteiger partial charge in [0.25, 0.3) is 5.91 Å². The zero-order valence-corrected chi connectivity index (χ0v) is 20.7. The molecule has 3 rings (SSSR count). The van der Waals surface area contributed by atoms with E-state index < -0.39 is 5.91 Å². The number of anilines is 1. The Hall–Kier alpha value is -4.20. The third-order valence-electron chi connectivity index (χ3n) is 4.70. The Morgan fingerprint density at radius 2 is 1.77 bits per heavy atom. The highest BCUT2D eigenvalue weighted by molar-refractivity contribution is 9.10. The average Bonchev–Trinajstić information content (AvgIpc) is 2.88. The highest BCUT2D eigenvalue weighted by Gasteiger charge is 2.14. The molecule has 0 aliphatic rings. The van der Waals surface area contributed by atoms with E-state index >= 15 is 0 Å². The first-order valence-corrected chi connectivity index (χ1v) is 11.6. The van der Waals surface area contributed by atoms with E-state index in [0.717, 1.165) is 5.56 Å². The van der Waals surface area contributed by atoms with Crippen LogP contribution in [0.5, 0.6) is 17.2 Å². The number of terminal acetylenes is 1. The van der Waals surface area contributed by atoms with E-state index in [1.807, 2.05) is 43.3 Å². The predicted molar refractivity (Wildman–Crippen MR) is 139 cm³/mol. The van der Waals surface area contributed by atoms with Crippen molar-refractivity contribution in [3.63, 3.8) is 0 Å². The Kier molecular flexibility index (Phi) is 9.36. The lowest BCUT2D eigenvalue weighted by atomic mass is 10.1.